The molecular weight excluding hydrogens is 327 g/mol. The Morgan fingerprint density at radius 2 is 2.18 bits per heavy atom. The maximum Gasteiger partial charge on any atom is 0.265 e. The highest BCUT2D eigenvalue weighted by Gasteiger charge is 2.18. The highest BCUT2D eigenvalue weighted by atomic mass is 35.5. The van der Waals surface area contributed by atoms with Crippen LogP contribution in [0.2, 0.25) is 0 Å². The van der Waals surface area contributed by atoms with E-state index in [0.717, 1.165) is 17.1 Å². The number of nitrogens with two attached hydrogens (primary N) is 1. The fourth-order valence-corrected chi connectivity index (χ4v) is 2.59. The number of nitrogens with zero attached hydrogens (tertiary/aromatic N) is 2. The van der Waals surface area contributed by atoms with E-state index < -0.39 is 0 Å². The van der Waals surface area contributed by atoms with E-state index in [1.807, 2.05) is 13.8 Å². The lowest BCUT2D eigenvalue weighted by atomic mass is 10.1. The van der Waals surface area contributed by atoms with Gasteiger partial charge >= 0.3 is 0 Å². The minimum absolute atomic E-state index is 0. The van der Waals surface area contributed by atoms with Gasteiger partial charge in [-0.05, 0) is 29.1 Å². The standard InChI is InChI=1S/C14H17FN4OS.ClH/c1-8(2)12-13(21-19-18-12)14(20)17-7-10-4-3-9(6-16)5-11(10)15;/h3-5,8H,6-7,16H2,1-2H3,(H,17,20);1H. The van der Waals surface area contributed by atoms with Crippen LogP contribution in [0.1, 0.15) is 46.3 Å². The van der Waals surface area contributed by atoms with Gasteiger partial charge in [0, 0.05) is 18.7 Å². The molecule has 1 aromatic heterocycles. The SMILES string of the molecule is CC(C)c1nnsc1C(=O)NCc1ccc(CN)cc1F.Cl. The zero-order valence-electron chi connectivity index (χ0n) is 12.3. The van der Waals surface area contributed by atoms with Crippen molar-refractivity contribution in [2.75, 3.05) is 0 Å². The quantitative estimate of drug-likeness (QED) is 0.873. The van der Waals surface area contributed by atoms with Crippen molar-refractivity contribution in [1.29, 1.82) is 0 Å². The molecule has 1 amide bonds. The average Bonchev–Trinajstić information content (AvgIpc) is 2.95. The highest BCUT2D eigenvalue weighted by molar-refractivity contribution is 7.08. The first-order valence-electron chi connectivity index (χ1n) is 6.60. The fraction of sp³-hybridized carbons (Fsp3) is 0.357. The Kier molecular flexibility index (Phi) is 6.86. The number of hydrogen-bond donors (Lipinski definition) is 2. The Morgan fingerprint density at radius 1 is 1.45 bits per heavy atom. The van der Waals surface area contributed by atoms with Gasteiger partial charge in [0.25, 0.3) is 5.91 Å². The molecule has 2 rings (SSSR count). The molecule has 0 aliphatic rings. The van der Waals surface area contributed by atoms with Crippen molar-refractivity contribution in [3.05, 3.63) is 45.7 Å². The normalized spacial score (nSPS) is 10.4. The molecule has 3 N–H and O–H groups in total. The van der Waals surface area contributed by atoms with Crippen molar-refractivity contribution in [2.45, 2.75) is 32.9 Å². The van der Waals surface area contributed by atoms with Crippen LogP contribution in [0.25, 0.3) is 0 Å². The van der Waals surface area contributed by atoms with Gasteiger partial charge in [-0.2, -0.15) is 0 Å². The molecule has 22 heavy (non-hydrogen) atoms. The molecule has 2 aromatic rings. The van der Waals surface area contributed by atoms with Gasteiger partial charge in [-0.3, -0.25) is 4.79 Å². The number of amides is 1. The molecule has 5 nitrogen and oxygen atoms in total. The van der Waals surface area contributed by atoms with E-state index in [1.54, 1.807) is 12.1 Å². The number of benzene rings is 1. The summed E-state index contributed by atoms with van der Waals surface area (Å²) >= 11 is 1.05. The Hall–Kier alpha value is -1.57. The van der Waals surface area contributed by atoms with Gasteiger partial charge in [-0.15, -0.1) is 17.5 Å². The van der Waals surface area contributed by atoms with E-state index in [2.05, 4.69) is 14.9 Å². The number of hydrogen-bond acceptors (Lipinski definition) is 5. The van der Waals surface area contributed by atoms with E-state index >= 15 is 0 Å². The summed E-state index contributed by atoms with van der Waals surface area (Å²) in [6.07, 6.45) is 0. The van der Waals surface area contributed by atoms with E-state index in [4.69, 9.17) is 5.73 Å². The molecule has 0 spiro atoms. The van der Waals surface area contributed by atoms with Crippen molar-refractivity contribution >= 4 is 29.8 Å². The van der Waals surface area contributed by atoms with Crippen LogP contribution in [0.15, 0.2) is 18.2 Å². The van der Waals surface area contributed by atoms with Gasteiger partial charge in [0.2, 0.25) is 0 Å². The van der Waals surface area contributed by atoms with Crippen LogP contribution >= 0.6 is 23.9 Å². The molecule has 0 aliphatic carbocycles. The topological polar surface area (TPSA) is 80.9 Å². The minimum Gasteiger partial charge on any atom is -0.347 e. The van der Waals surface area contributed by atoms with Crippen LogP contribution < -0.4 is 11.1 Å². The molecule has 0 saturated carbocycles. The van der Waals surface area contributed by atoms with Crippen molar-refractivity contribution < 1.29 is 9.18 Å². The van der Waals surface area contributed by atoms with Gasteiger partial charge in [-0.25, -0.2) is 4.39 Å². The molecule has 0 saturated heterocycles. The first kappa shape index (κ1) is 18.5. The van der Waals surface area contributed by atoms with Crippen LogP contribution in [0.4, 0.5) is 4.39 Å². The first-order chi connectivity index (χ1) is 10.0. The number of nitrogens with one attached hydrogen (secondary N) is 1. The summed E-state index contributed by atoms with van der Waals surface area (Å²) in [5.41, 5.74) is 7.25. The number of halogens is 2. The second kappa shape index (κ2) is 8.17. The highest BCUT2D eigenvalue weighted by Crippen LogP contribution is 2.19. The zero-order chi connectivity index (χ0) is 15.4. The second-order valence-electron chi connectivity index (χ2n) is 4.95. The van der Waals surface area contributed by atoms with Gasteiger partial charge in [-0.1, -0.05) is 30.5 Å². The van der Waals surface area contributed by atoms with Crippen LogP contribution in [-0.2, 0) is 13.1 Å². The van der Waals surface area contributed by atoms with Crippen LogP contribution in [0.3, 0.4) is 0 Å². The van der Waals surface area contributed by atoms with Crippen LogP contribution in [-0.4, -0.2) is 15.5 Å². The second-order valence-corrected chi connectivity index (χ2v) is 5.71. The number of carbonyl (C=O) groups is 1. The molecule has 1 aromatic carbocycles. The maximum absolute atomic E-state index is 13.8. The largest absolute Gasteiger partial charge is 0.347 e. The molecule has 0 aliphatic heterocycles. The Balaban J connectivity index is 0.00000242. The van der Waals surface area contributed by atoms with Crippen molar-refractivity contribution in [1.82, 2.24) is 14.9 Å². The summed E-state index contributed by atoms with van der Waals surface area (Å²) < 4.78 is 17.6. The number of carbonyl (C=O) groups excluding carboxylic acids is 1. The summed E-state index contributed by atoms with van der Waals surface area (Å²) in [4.78, 5) is 12.6. The van der Waals surface area contributed by atoms with Gasteiger partial charge in [0.05, 0.1) is 5.69 Å². The Labute approximate surface area is 138 Å². The molecule has 1 heterocycles. The summed E-state index contributed by atoms with van der Waals surface area (Å²) in [5.74, 6) is -0.536. The first-order valence-corrected chi connectivity index (χ1v) is 7.38. The summed E-state index contributed by atoms with van der Waals surface area (Å²) in [6, 6.07) is 4.76. The minimum atomic E-state index is -0.371. The van der Waals surface area contributed by atoms with Gasteiger partial charge < -0.3 is 11.1 Å². The van der Waals surface area contributed by atoms with Crippen LogP contribution in [0.5, 0.6) is 0 Å². The van der Waals surface area contributed by atoms with Crippen molar-refractivity contribution in [3.8, 4) is 0 Å². The third-order valence-corrected chi connectivity index (χ3v) is 3.80. The van der Waals surface area contributed by atoms with Crippen LogP contribution in [0, 0.1) is 5.82 Å². The smallest absolute Gasteiger partial charge is 0.265 e. The predicted octanol–water partition coefficient (Wildman–Crippen LogP) is 2.61. The third-order valence-electron chi connectivity index (χ3n) is 3.06. The maximum atomic E-state index is 13.8. The Morgan fingerprint density at radius 3 is 2.77 bits per heavy atom. The lowest BCUT2D eigenvalue weighted by molar-refractivity contribution is 0.0953. The monoisotopic (exact) mass is 344 g/mol. The summed E-state index contributed by atoms with van der Waals surface area (Å²) in [5, 5.41) is 6.65. The molecule has 0 radical (unpaired) electrons. The fourth-order valence-electron chi connectivity index (χ4n) is 1.85. The number of rotatable bonds is 5. The van der Waals surface area contributed by atoms with E-state index in [9.17, 15) is 9.18 Å². The molecule has 120 valence electrons. The van der Waals surface area contributed by atoms with E-state index in [-0.39, 0.29) is 43.1 Å². The Bertz CT molecular complexity index is 648. The van der Waals surface area contributed by atoms with Gasteiger partial charge in [0.1, 0.15) is 10.7 Å². The van der Waals surface area contributed by atoms with E-state index in [0.29, 0.717) is 16.1 Å². The number of aromatic nitrogens is 2. The third kappa shape index (κ3) is 4.22. The average molecular weight is 345 g/mol. The van der Waals surface area contributed by atoms with Crippen molar-refractivity contribution in [3.63, 3.8) is 0 Å². The zero-order valence-corrected chi connectivity index (χ0v) is 13.9. The molecule has 0 fully saturated rings. The molecular formula is C14H18ClFN4OS. The summed E-state index contributed by atoms with van der Waals surface area (Å²) in [6.45, 7) is 4.29. The molecule has 0 unspecified atom stereocenters. The molecule has 8 heteroatoms. The summed E-state index contributed by atoms with van der Waals surface area (Å²) in [7, 11) is 0. The lowest BCUT2D eigenvalue weighted by Gasteiger charge is -2.08. The van der Waals surface area contributed by atoms with Crippen molar-refractivity contribution in [2.24, 2.45) is 5.73 Å². The molecule has 0 atom stereocenters. The molecule has 0 bridgehead atoms. The van der Waals surface area contributed by atoms with E-state index in [1.165, 1.54) is 6.07 Å². The predicted molar refractivity (Wildman–Crippen MR) is 86.7 cm³/mol. The lowest BCUT2D eigenvalue weighted by Crippen LogP contribution is -2.23. The van der Waals surface area contributed by atoms with Gasteiger partial charge in [0.15, 0.2) is 0 Å².